The van der Waals surface area contributed by atoms with E-state index in [2.05, 4.69) is 27.7 Å². The highest BCUT2D eigenvalue weighted by molar-refractivity contribution is 7.86. The Balaban J connectivity index is 1.76. The summed E-state index contributed by atoms with van der Waals surface area (Å²) in [6.07, 6.45) is 5.41. The van der Waals surface area contributed by atoms with Gasteiger partial charge in [-0.25, -0.2) is 0 Å². The van der Waals surface area contributed by atoms with Crippen molar-refractivity contribution in [3.63, 3.8) is 0 Å². The zero-order valence-corrected chi connectivity index (χ0v) is 23.6. The summed E-state index contributed by atoms with van der Waals surface area (Å²) in [6.45, 7) is 10.8. The molecule has 2 aromatic carbocycles. The summed E-state index contributed by atoms with van der Waals surface area (Å²) in [5.74, 6) is 0.670. The quantitative estimate of drug-likeness (QED) is 0.297. The topological polar surface area (TPSA) is 59.1 Å². The molecule has 0 saturated carbocycles. The number of hydrogen-bond donors (Lipinski definition) is 0. The number of ether oxygens (including phenoxy) is 2. The van der Waals surface area contributed by atoms with E-state index in [1.54, 1.807) is 8.61 Å². The molecule has 0 radical (unpaired) electrons. The van der Waals surface area contributed by atoms with Crippen molar-refractivity contribution in [2.75, 3.05) is 26.3 Å². The predicted octanol–water partition coefficient (Wildman–Crippen LogP) is 5.67. The molecule has 0 unspecified atom stereocenters. The molecule has 1 aliphatic rings. The van der Waals surface area contributed by atoms with Crippen LogP contribution in [0.4, 0.5) is 0 Å². The van der Waals surface area contributed by atoms with Crippen molar-refractivity contribution >= 4 is 10.2 Å². The smallest absolute Gasteiger partial charge is 0.283 e. The van der Waals surface area contributed by atoms with Gasteiger partial charge in [-0.1, -0.05) is 101 Å². The van der Waals surface area contributed by atoms with E-state index in [1.807, 2.05) is 72.8 Å². The average Bonchev–Trinajstić information content (AvgIpc) is 3.01. The van der Waals surface area contributed by atoms with Crippen molar-refractivity contribution in [2.45, 2.75) is 65.8 Å². The Kier molecular flexibility index (Phi) is 11.8. The SMILES string of the molecule is CC(C)C[C@@H](COCc1ccccc1)N1CC=CCN([C@H](COCc2ccccc2)CC(C)C)S1(=O)=O. The fourth-order valence-corrected chi connectivity index (χ4v) is 6.62. The molecule has 6 nitrogen and oxygen atoms in total. The predicted molar refractivity (Wildman–Crippen MR) is 150 cm³/mol. The maximum Gasteiger partial charge on any atom is 0.283 e. The van der Waals surface area contributed by atoms with Crippen molar-refractivity contribution in [1.29, 1.82) is 0 Å². The molecule has 0 bridgehead atoms. The summed E-state index contributed by atoms with van der Waals surface area (Å²) in [6, 6.07) is 19.5. The van der Waals surface area contributed by atoms with Crippen LogP contribution in [0, 0.1) is 11.8 Å². The van der Waals surface area contributed by atoms with Gasteiger partial charge in [-0.05, 0) is 35.8 Å². The lowest BCUT2D eigenvalue weighted by atomic mass is 10.0. The molecule has 1 heterocycles. The van der Waals surface area contributed by atoms with Gasteiger partial charge >= 0.3 is 0 Å². The number of benzene rings is 2. The summed E-state index contributed by atoms with van der Waals surface area (Å²) in [7, 11) is -3.74. The molecule has 0 aliphatic carbocycles. The second-order valence-electron chi connectivity index (χ2n) is 10.7. The third-order valence-electron chi connectivity index (χ3n) is 6.48. The number of rotatable bonds is 14. The largest absolute Gasteiger partial charge is 0.375 e. The highest BCUT2D eigenvalue weighted by Gasteiger charge is 2.39. The first kappa shape index (κ1) is 29.5. The summed E-state index contributed by atoms with van der Waals surface area (Å²) in [5.41, 5.74) is 2.16. The van der Waals surface area contributed by atoms with Crippen LogP contribution in [0.25, 0.3) is 0 Å². The molecule has 1 aliphatic heterocycles. The molecule has 3 rings (SSSR count). The van der Waals surface area contributed by atoms with E-state index in [-0.39, 0.29) is 12.1 Å². The molecule has 0 saturated heterocycles. The molecule has 7 heteroatoms. The maximum atomic E-state index is 14.1. The van der Waals surface area contributed by atoms with Gasteiger partial charge in [-0.2, -0.15) is 17.0 Å². The summed E-state index contributed by atoms with van der Waals surface area (Å²) < 4.78 is 43.7. The van der Waals surface area contributed by atoms with E-state index in [4.69, 9.17) is 9.47 Å². The zero-order valence-electron chi connectivity index (χ0n) is 22.8. The van der Waals surface area contributed by atoms with E-state index in [0.29, 0.717) is 51.4 Å². The Morgan fingerprint density at radius 1 is 0.676 bits per heavy atom. The lowest BCUT2D eigenvalue weighted by molar-refractivity contribution is 0.0603. The Morgan fingerprint density at radius 2 is 1.05 bits per heavy atom. The van der Waals surface area contributed by atoms with Gasteiger partial charge < -0.3 is 9.47 Å². The van der Waals surface area contributed by atoms with Gasteiger partial charge in [0.15, 0.2) is 0 Å². The van der Waals surface area contributed by atoms with Crippen molar-refractivity contribution in [3.8, 4) is 0 Å². The van der Waals surface area contributed by atoms with Gasteiger partial charge in [0, 0.05) is 13.1 Å². The lowest BCUT2D eigenvalue weighted by Crippen LogP contribution is -2.53. The van der Waals surface area contributed by atoms with Crippen molar-refractivity contribution in [3.05, 3.63) is 83.9 Å². The maximum absolute atomic E-state index is 14.1. The minimum atomic E-state index is -3.74. The number of hydrogen-bond acceptors (Lipinski definition) is 4. The number of nitrogens with zero attached hydrogens (tertiary/aromatic N) is 2. The first-order valence-electron chi connectivity index (χ1n) is 13.4. The molecule has 37 heavy (non-hydrogen) atoms. The average molecular weight is 529 g/mol. The first-order valence-corrected chi connectivity index (χ1v) is 14.8. The monoisotopic (exact) mass is 528 g/mol. The Hall–Kier alpha value is -2.03. The lowest BCUT2D eigenvalue weighted by Gasteiger charge is -2.37. The van der Waals surface area contributed by atoms with Crippen molar-refractivity contribution in [2.24, 2.45) is 11.8 Å². The molecule has 0 fully saturated rings. The van der Waals surface area contributed by atoms with Crippen LogP contribution in [0.5, 0.6) is 0 Å². The van der Waals surface area contributed by atoms with E-state index in [1.165, 1.54) is 0 Å². The van der Waals surface area contributed by atoms with Crippen LogP contribution in [0.3, 0.4) is 0 Å². The first-order chi connectivity index (χ1) is 17.8. The van der Waals surface area contributed by atoms with Crippen LogP contribution < -0.4 is 0 Å². The van der Waals surface area contributed by atoms with E-state index >= 15 is 0 Å². The fourth-order valence-electron chi connectivity index (χ4n) is 4.75. The second-order valence-corrected chi connectivity index (χ2v) is 12.5. The zero-order chi connectivity index (χ0) is 26.7. The molecule has 2 atom stereocenters. The molecular weight excluding hydrogens is 484 g/mol. The molecule has 2 aromatic rings. The normalized spacial score (nSPS) is 18.2. The minimum absolute atomic E-state index is 0.246. The fraction of sp³-hybridized carbons (Fsp3) is 0.533. The van der Waals surface area contributed by atoms with Gasteiger partial charge in [0.05, 0.1) is 38.5 Å². The van der Waals surface area contributed by atoms with Crippen LogP contribution in [0.1, 0.15) is 51.7 Å². The van der Waals surface area contributed by atoms with Gasteiger partial charge in [-0.3, -0.25) is 0 Å². The summed E-state index contributed by atoms with van der Waals surface area (Å²) >= 11 is 0. The van der Waals surface area contributed by atoms with Gasteiger partial charge in [0.25, 0.3) is 10.2 Å². The summed E-state index contributed by atoms with van der Waals surface area (Å²) in [5, 5.41) is 0. The van der Waals surface area contributed by atoms with E-state index in [0.717, 1.165) is 24.0 Å². The van der Waals surface area contributed by atoms with Gasteiger partial charge in [-0.15, -0.1) is 0 Å². The third-order valence-corrected chi connectivity index (χ3v) is 8.55. The molecule has 0 amide bonds. The van der Waals surface area contributed by atoms with Crippen LogP contribution >= 0.6 is 0 Å². The second kappa shape index (κ2) is 14.8. The molecule has 0 aromatic heterocycles. The molecular formula is C30H44N2O4S. The van der Waals surface area contributed by atoms with Crippen LogP contribution in [-0.2, 0) is 32.9 Å². The minimum Gasteiger partial charge on any atom is -0.375 e. The summed E-state index contributed by atoms with van der Waals surface area (Å²) in [4.78, 5) is 0. The van der Waals surface area contributed by atoms with Crippen LogP contribution in [0.2, 0.25) is 0 Å². The highest BCUT2D eigenvalue weighted by atomic mass is 32.2. The third kappa shape index (κ3) is 9.34. The van der Waals surface area contributed by atoms with Crippen LogP contribution in [-0.4, -0.2) is 55.4 Å². The Morgan fingerprint density at radius 3 is 1.41 bits per heavy atom. The Labute approximate surface area is 224 Å². The van der Waals surface area contributed by atoms with E-state index < -0.39 is 10.2 Å². The highest BCUT2D eigenvalue weighted by Crippen LogP contribution is 2.25. The molecule has 0 N–H and O–H groups in total. The van der Waals surface area contributed by atoms with E-state index in [9.17, 15) is 8.42 Å². The van der Waals surface area contributed by atoms with Crippen LogP contribution in [0.15, 0.2) is 72.8 Å². The molecule has 0 spiro atoms. The van der Waals surface area contributed by atoms with Crippen molar-refractivity contribution in [1.82, 2.24) is 8.61 Å². The Bertz CT molecular complexity index is 964. The van der Waals surface area contributed by atoms with Crippen molar-refractivity contribution < 1.29 is 17.9 Å². The van der Waals surface area contributed by atoms with Gasteiger partial charge in [0.2, 0.25) is 0 Å². The standard InChI is InChI=1S/C30H44N2O4S/c1-25(2)19-29(23-35-21-27-13-7-5-8-14-27)31-17-11-12-18-32(37(31,33)34)30(20-26(3)4)24-36-22-28-15-9-6-10-16-28/h5-16,25-26,29-30H,17-24H2,1-4H3/t29-,30-/m0/s1. The van der Waals surface area contributed by atoms with Gasteiger partial charge in [0.1, 0.15) is 0 Å². The molecule has 204 valence electrons.